The number of benzene rings is 5. The van der Waals surface area contributed by atoms with Crippen LogP contribution in [0.15, 0.2) is 115 Å². The van der Waals surface area contributed by atoms with Crippen molar-refractivity contribution in [1.29, 1.82) is 0 Å². The number of rotatable bonds is 18. The van der Waals surface area contributed by atoms with Gasteiger partial charge in [-0.25, -0.2) is 0 Å². The Balaban J connectivity index is 1.48. The van der Waals surface area contributed by atoms with Gasteiger partial charge in [0.05, 0.1) is 42.4 Å². The summed E-state index contributed by atoms with van der Waals surface area (Å²) in [6.07, 6.45) is 1.23. The molecule has 0 bridgehead atoms. The van der Waals surface area contributed by atoms with Crippen LogP contribution in [0.5, 0.6) is 34.5 Å². The van der Waals surface area contributed by atoms with Crippen LogP contribution in [0.25, 0.3) is 0 Å². The minimum Gasteiger partial charge on any atom is -0.493 e. The molecule has 0 radical (unpaired) electrons. The molecule has 0 fully saturated rings. The molecule has 5 aromatic carbocycles. The zero-order valence-corrected chi connectivity index (χ0v) is 28.1. The Labute approximate surface area is 289 Å². The van der Waals surface area contributed by atoms with E-state index in [1.807, 2.05) is 0 Å². The van der Waals surface area contributed by atoms with Crippen molar-refractivity contribution in [3.8, 4) is 34.5 Å². The molecule has 50 heavy (non-hydrogen) atoms. The first kappa shape index (κ1) is 35.7. The van der Waals surface area contributed by atoms with Gasteiger partial charge in [0.25, 0.3) is 5.69 Å². The molecule has 0 saturated heterocycles. The lowest BCUT2D eigenvalue weighted by atomic mass is 10.2. The van der Waals surface area contributed by atoms with Gasteiger partial charge in [-0.05, 0) is 48.5 Å². The lowest BCUT2D eigenvalue weighted by Crippen LogP contribution is -2.07. The average molecular weight is 718 g/mol. The van der Waals surface area contributed by atoms with E-state index < -0.39 is 22.1 Å². The number of nitro benzene ring substituents is 1. The number of carbonyl (C=O) groups is 2. The molecule has 0 heterocycles. The summed E-state index contributed by atoms with van der Waals surface area (Å²) in [6, 6.07) is 30.2. The van der Waals surface area contributed by atoms with Gasteiger partial charge in [-0.3, -0.25) is 24.2 Å². The van der Waals surface area contributed by atoms with E-state index in [2.05, 4.69) is 0 Å². The molecule has 5 aromatic rings. The molecule has 1 atom stereocenters. The summed E-state index contributed by atoms with van der Waals surface area (Å²) in [5, 5.41) is 21.7. The van der Waals surface area contributed by atoms with Gasteiger partial charge in [-0.2, -0.15) is 0 Å². The van der Waals surface area contributed by atoms with Crippen LogP contribution in [0.2, 0.25) is 0 Å². The normalized spacial score (nSPS) is 11.3. The molecule has 256 valence electrons. The van der Waals surface area contributed by atoms with Gasteiger partial charge >= 0.3 is 17.2 Å². The number of aliphatic hydroxyl groups is 1. The number of ether oxygens (including phenoxy) is 1. The van der Waals surface area contributed by atoms with Crippen molar-refractivity contribution >= 4 is 35.5 Å². The molecular weight excluding hydrogens is 688 g/mol. The van der Waals surface area contributed by atoms with Crippen LogP contribution in [0.4, 0.5) is 5.69 Å². The van der Waals surface area contributed by atoms with Crippen molar-refractivity contribution in [2.45, 2.75) is 13.2 Å². The third kappa shape index (κ3) is 9.31. The third-order valence-corrected chi connectivity index (χ3v) is 8.82. The van der Waals surface area contributed by atoms with Crippen molar-refractivity contribution in [2.75, 3.05) is 7.11 Å². The van der Waals surface area contributed by atoms with Crippen molar-refractivity contribution in [1.82, 2.24) is 0 Å². The van der Waals surface area contributed by atoms with E-state index in [0.29, 0.717) is 29.4 Å². The molecule has 15 heteroatoms. The van der Waals surface area contributed by atoms with Gasteiger partial charge in [0.2, 0.25) is 0 Å². The highest BCUT2D eigenvalue weighted by atomic mass is 31.2. The molecule has 0 saturated carbocycles. The summed E-state index contributed by atoms with van der Waals surface area (Å²) < 4.78 is 41.9. The molecule has 0 amide bonds. The molecule has 13 nitrogen and oxygen atoms in total. The Morgan fingerprint density at radius 2 is 1.12 bits per heavy atom. The number of hydrogen-bond acceptors (Lipinski definition) is 12. The fourth-order valence-electron chi connectivity index (χ4n) is 4.25. The number of nitro groups is 1. The lowest BCUT2D eigenvalue weighted by molar-refractivity contribution is -0.384. The van der Waals surface area contributed by atoms with Crippen molar-refractivity contribution < 1.29 is 51.5 Å². The van der Waals surface area contributed by atoms with Gasteiger partial charge < -0.3 is 32.5 Å². The fourth-order valence-corrected chi connectivity index (χ4v) is 6.39. The quantitative estimate of drug-likeness (QED) is 0.0399. The largest absolute Gasteiger partial charge is 0.530 e. The van der Waals surface area contributed by atoms with E-state index in [1.54, 1.807) is 97.1 Å². The first-order chi connectivity index (χ1) is 24.4. The molecule has 1 unspecified atom stereocenters. The van der Waals surface area contributed by atoms with Crippen LogP contribution >= 0.6 is 17.2 Å². The predicted molar refractivity (Wildman–Crippen MR) is 184 cm³/mol. The number of nitrogens with zero attached hydrogens (tertiary/aromatic N) is 1. The second-order valence-electron chi connectivity index (χ2n) is 9.95. The van der Waals surface area contributed by atoms with E-state index in [9.17, 15) is 24.8 Å². The molecule has 0 aliphatic heterocycles. The molecule has 0 aromatic heterocycles. The topological polar surface area (TPSA) is 162 Å². The van der Waals surface area contributed by atoms with E-state index >= 15 is 0 Å². The Kier molecular flexibility index (Phi) is 12.7. The first-order valence-electron chi connectivity index (χ1n) is 14.7. The van der Waals surface area contributed by atoms with Gasteiger partial charge in [0.1, 0.15) is 23.0 Å². The number of aldehydes is 2. The summed E-state index contributed by atoms with van der Waals surface area (Å²) in [4.78, 5) is 34.6. The van der Waals surface area contributed by atoms with Crippen LogP contribution in [-0.2, 0) is 17.7 Å². The van der Waals surface area contributed by atoms with Gasteiger partial charge in [-0.15, -0.1) is 0 Å². The summed E-state index contributed by atoms with van der Waals surface area (Å²) in [6.45, 7) is -0.621. The van der Waals surface area contributed by atoms with Crippen LogP contribution in [0, 0.1) is 10.1 Å². The Bertz CT molecular complexity index is 1840. The van der Waals surface area contributed by atoms with E-state index in [4.69, 9.17) is 31.9 Å². The van der Waals surface area contributed by atoms with Crippen LogP contribution < -0.4 is 27.4 Å². The number of hydrogen-bond donors (Lipinski definition) is 1. The minimum atomic E-state index is -2.40. The number of carbonyl (C=O) groups excluding carboxylic acids is 2. The maximum Gasteiger partial charge on any atom is 0.530 e. The van der Waals surface area contributed by atoms with Crippen LogP contribution in [-0.4, -0.2) is 29.7 Å². The smallest absolute Gasteiger partial charge is 0.493 e. The predicted octanol–water partition coefficient (Wildman–Crippen LogP) is 8.39. The number of methoxy groups -OCH3 is 1. The van der Waals surface area contributed by atoms with Gasteiger partial charge in [0, 0.05) is 17.2 Å². The Morgan fingerprint density at radius 1 is 0.620 bits per heavy atom. The number of aliphatic hydroxyl groups excluding tert-OH is 1. The van der Waals surface area contributed by atoms with Crippen molar-refractivity contribution in [2.24, 2.45) is 0 Å². The van der Waals surface area contributed by atoms with E-state index in [-0.39, 0.29) is 58.8 Å². The molecule has 0 spiro atoms. The monoisotopic (exact) mass is 717 g/mol. The summed E-state index contributed by atoms with van der Waals surface area (Å²) in [5.41, 5.74) is 0.921. The second kappa shape index (κ2) is 17.7. The summed E-state index contributed by atoms with van der Waals surface area (Å²) in [5.74, 6) is 1.20. The highest BCUT2D eigenvalue weighted by Gasteiger charge is 2.27. The lowest BCUT2D eigenvalue weighted by Gasteiger charge is -2.22. The number of para-hydroxylation sites is 5. The third-order valence-electron chi connectivity index (χ3n) is 6.76. The Morgan fingerprint density at radius 3 is 1.70 bits per heavy atom. The van der Waals surface area contributed by atoms with Crippen LogP contribution in [0.3, 0.4) is 0 Å². The molecule has 1 N–H and O–H groups in total. The maximum atomic E-state index is 11.8. The summed E-state index contributed by atoms with van der Waals surface area (Å²) in [7, 11) is -3.27. The highest BCUT2D eigenvalue weighted by Crippen LogP contribution is 2.48. The molecule has 0 aliphatic rings. The fraction of sp³-hybridized carbons (Fsp3) is 0.0857. The SMILES string of the molecule is COc1ccccc1OP(Oc1ccccc1CO)Oc1cc([N+](=O)[O-])ccc1COP(Oc1ccccc1C=O)Oc1ccccc1C=O. The van der Waals surface area contributed by atoms with E-state index in [0.717, 1.165) is 0 Å². The maximum absolute atomic E-state index is 11.8. The number of non-ortho nitro benzene ring substituents is 1. The zero-order chi connectivity index (χ0) is 35.3. The van der Waals surface area contributed by atoms with Gasteiger partial charge in [-0.1, -0.05) is 54.6 Å². The van der Waals surface area contributed by atoms with Gasteiger partial charge in [0.15, 0.2) is 24.1 Å². The first-order valence-corrected chi connectivity index (χ1v) is 16.9. The van der Waals surface area contributed by atoms with Crippen molar-refractivity contribution in [3.05, 3.63) is 148 Å². The molecule has 0 aliphatic carbocycles. The summed E-state index contributed by atoms with van der Waals surface area (Å²) >= 11 is 0. The van der Waals surface area contributed by atoms with E-state index in [1.165, 1.54) is 25.3 Å². The van der Waals surface area contributed by atoms with Crippen LogP contribution in [0.1, 0.15) is 31.8 Å². The molecular formula is C35H29NO12P2. The second-order valence-corrected chi connectivity index (χ2v) is 12.0. The Hall–Kier alpha value is -5.58. The minimum absolute atomic E-state index is 0.0294. The standard InChI is InChI=1S/C35H29NO12P2/c1-42-33-16-8-9-17-34(33)47-50(46-32-15-7-4-12-27(32)23-39)48-35-20-29(36(40)41)19-18-28(35)24-43-49(44-30-13-5-2-10-25(30)21-37)45-31-14-6-3-11-26(31)22-38/h2-22,39H,23-24H2,1H3. The average Bonchev–Trinajstić information content (AvgIpc) is 3.15. The van der Waals surface area contributed by atoms with Crippen molar-refractivity contribution in [3.63, 3.8) is 0 Å². The highest BCUT2D eigenvalue weighted by molar-refractivity contribution is 7.43. The zero-order valence-electron chi connectivity index (χ0n) is 26.3. The molecule has 5 rings (SSSR count).